The summed E-state index contributed by atoms with van der Waals surface area (Å²) in [5.41, 5.74) is 1.93. The molecule has 2 atom stereocenters. The molecule has 2 rings (SSSR count). The van der Waals surface area contributed by atoms with Crippen molar-refractivity contribution in [1.29, 1.82) is 5.26 Å². The molecule has 1 N–H and O–H groups in total. The van der Waals surface area contributed by atoms with Crippen molar-refractivity contribution in [3.8, 4) is 6.07 Å². The molecule has 1 fully saturated rings. The van der Waals surface area contributed by atoms with Crippen molar-refractivity contribution in [2.75, 3.05) is 5.32 Å². The molecule has 102 valence electrons. The Morgan fingerprint density at radius 3 is 2.68 bits per heavy atom. The lowest BCUT2D eigenvalue weighted by molar-refractivity contribution is 0.178. The summed E-state index contributed by atoms with van der Waals surface area (Å²) in [6.45, 7) is 6.98. The molecule has 0 saturated heterocycles. The van der Waals surface area contributed by atoms with Crippen LogP contribution in [-0.4, -0.2) is 6.04 Å². The van der Waals surface area contributed by atoms with Gasteiger partial charge in [0.25, 0.3) is 0 Å². The minimum atomic E-state index is 0.383. The number of halogens is 1. The van der Waals surface area contributed by atoms with E-state index >= 15 is 0 Å². The molecule has 1 aromatic rings. The van der Waals surface area contributed by atoms with Crippen molar-refractivity contribution in [3.05, 3.63) is 28.8 Å². The molecule has 1 saturated carbocycles. The molecule has 2 nitrogen and oxygen atoms in total. The van der Waals surface area contributed by atoms with E-state index in [0.717, 1.165) is 18.0 Å². The predicted molar refractivity (Wildman–Crippen MR) is 80.4 cm³/mol. The van der Waals surface area contributed by atoms with Crippen molar-refractivity contribution in [3.63, 3.8) is 0 Å². The molecule has 3 heteroatoms. The third-order valence-electron chi connectivity index (χ3n) is 3.84. The fraction of sp³-hybridized carbons (Fsp3) is 0.562. The second-order valence-corrected chi connectivity index (χ2v) is 6.97. The smallest absolute Gasteiger partial charge is 0.0992 e. The van der Waals surface area contributed by atoms with Gasteiger partial charge in [-0.2, -0.15) is 5.26 Å². The topological polar surface area (TPSA) is 35.8 Å². The summed E-state index contributed by atoms with van der Waals surface area (Å²) in [5.74, 6) is 0.735. The lowest BCUT2D eigenvalue weighted by Gasteiger charge is -2.39. The van der Waals surface area contributed by atoms with E-state index in [1.165, 1.54) is 12.8 Å². The lowest BCUT2D eigenvalue weighted by atomic mass is 9.70. The monoisotopic (exact) mass is 276 g/mol. The van der Waals surface area contributed by atoms with Crippen LogP contribution in [0.15, 0.2) is 18.2 Å². The predicted octanol–water partition coefficient (Wildman–Crippen LogP) is 4.84. The first-order chi connectivity index (χ1) is 8.89. The molecular formula is C16H21ClN2. The van der Waals surface area contributed by atoms with E-state index in [9.17, 15) is 0 Å². The third kappa shape index (κ3) is 3.64. The highest BCUT2D eigenvalue weighted by atomic mass is 35.5. The highest BCUT2D eigenvalue weighted by Gasteiger charge is 2.32. The van der Waals surface area contributed by atoms with E-state index < -0.39 is 0 Å². The van der Waals surface area contributed by atoms with Gasteiger partial charge in [0.05, 0.1) is 22.3 Å². The number of hydrogen-bond donors (Lipinski definition) is 1. The summed E-state index contributed by atoms with van der Waals surface area (Å²) in [5, 5.41) is 13.0. The molecular weight excluding hydrogens is 256 g/mol. The average molecular weight is 277 g/mol. The van der Waals surface area contributed by atoms with Gasteiger partial charge in [-0.25, -0.2) is 0 Å². The highest BCUT2D eigenvalue weighted by Crippen LogP contribution is 2.40. The molecule has 1 aromatic carbocycles. The quantitative estimate of drug-likeness (QED) is 0.839. The Kier molecular flexibility index (Phi) is 4.06. The number of benzene rings is 1. The second kappa shape index (κ2) is 5.43. The summed E-state index contributed by atoms with van der Waals surface area (Å²) in [6.07, 6.45) is 3.62. The Morgan fingerprint density at radius 2 is 2.11 bits per heavy atom. The van der Waals surface area contributed by atoms with E-state index in [-0.39, 0.29) is 0 Å². The van der Waals surface area contributed by atoms with Gasteiger partial charge in [0.1, 0.15) is 0 Å². The molecule has 19 heavy (non-hydrogen) atoms. The zero-order valence-electron chi connectivity index (χ0n) is 11.8. The van der Waals surface area contributed by atoms with Gasteiger partial charge < -0.3 is 5.32 Å². The van der Waals surface area contributed by atoms with Gasteiger partial charge in [-0.1, -0.05) is 32.4 Å². The minimum Gasteiger partial charge on any atom is -0.381 e. The van der Waals surface area contributed by atoms with Crippen LogP contribution < -0.4 is 5.32 Å². The van der Waals surface area contributed by atoms with Gasteiger partial charge in [-0.3, -0.25) is 0 Å². The molecule has 0 bridgehead atoms. The van der Waals surface area contributed by atoms with Crippen molar-refractivity contribution in [1.82, 2.24) is 0 Å². The number of nitriles is 1. The van der Waals surface area contributed by atoms with Crippen molar-refractivity contribution in [2.24, 2.45) is 11.3 Å². The molecule has 0 heterocycles. The number of rotatable bonds is 2. The lowest BCUT2D eigenvalue weighted by Crippen LogP contribution is -2.35. The maximum Gasteiger partial charge on any atom is 0.0992 e. The Labute approximate surface area is 120 Å². The largest absolute Gasteiger partial charge is 0.381 e. The number of anilines is 1. The van der Waals surface area contributed by atoms with Gasteiger partial charge in [0, 0.05) is 6.04 Å². The Bertz CT molecular complexity index is 502. The fourth-order valence-corrected chi connectivity index (χ4v) is 3.61. The molecule has 2 unspecified atom stereocenters. The van der Waals surface area contributed by atoms with Gasteiger partial charge >= 0.3 is 0 Å². The van der Waals surface area contributed by atoms with Crippen LogP contribution in [0.3, 0.4) is 0 Å². The second-order valence-electron chi connectivity index (χ2n) is 6.56. The Hall–Kier alpha value is -1.20. The van der Waals surface area contributed by atoms with Gasteiger partial charge in [-0.05, 0) is 48.8 Å². The van der Waals surface area contributed by atoms with Crippen LogP contribution in [0.2, 0.25) is 5.02 Å². The maximum absolute atomic E-state index is 8.85. The number of hydrogen-bond acceptors (Lipinski definition) is 2. The first-order valence-corrected chi connectivity index (χ1v) is 7.23. The van der Waals surface area contributed by atoms with Gasteiger partial charge in [0.2, 0.25) is 0 Å². The first kappa shape index (κ1) is 14.2. The zero-order chi connectivity index (χ0) is 14.0. The van der Waals surface area contributed by atoms with Crippen LogP contribution in [0.1, 0.15) is 45.6 Å². The van der Waals surface area contributed by atoms with Crippen molar-refractivity contribution < 1.29 is 0 Å². The molecule has 1 aliphatic carbocycles. The summed E-state index contributed by atoms with van der Waals surface area (Å²) in [4.78, 5) is 0. The molecule has 0 aliphatic heterocycles. The van der Waals surface area contributed by atoms with Gasteiger partial charge in [0.15, 0.2) is 0 Å². The normalized spacial score (nSPS) is 25.6. The Morgan fingerprint density at radius 1 is 1.37 bits per heavy atom. The van der Waals surface area contributed by atoms with Crippen LogP contribution in [-0.2, 0) is 0 Å². The summed E-state index contributed by atoms with van der Waals surface area (Å²) >= 11 is 6.22. The van der Waals surface area contributed by atoms with E-state index in [4.69, 9.17) is 16.9 Å². The Balaban J connectivity index is 2.11. The van der Waals surface area contributed by atoms with Crippen LogP contribution >= 0.6 is 11.6 Å². The fourth-order valence-electron chi connectivity index (χ4n) is 3.38. The van der Waals surface area contributed by atoms with E-state index in [1.807, 2.05) is 12.1 Å². The zero-order valence-corrected chi connectivity index (χ0v) is 12.6. The average Bonchev–Trinajstić information content (AvgIpc) is 2.29. The highest BCUT2D eigenvalue weighted by molar-refractivity contribution is 6.33. The van der Waals surface area contributed by atoms with E-state index in [1.54, 1.807) is 6.07 Å². The molecule has 0 aromatic heterocycles. The van der Waals surface area contributed by atoms with E-state index in [2.05, 4.69) is 32.2 Å². The van der Waals surface area contributed by atoms with Crippen molar-refractivity contribution >= 4 is 17.3 Å². The molecule has 0 spiro atoms. The minimum absolute atomic E-state index is 0.383. The number of nitrogens with one attached hydrogen (secondary N) is 1. The van der Waals surface area contributed by atoms with Crippen LogP contribution in [0.25, 0.3) is 0 Å². The summed E-state index contributed by atoms with van der Waals surface area (Å²) in [6, 6.07) is 8.01. The van der Waals surface area contributed by atoms with Crippen LogP contribution in [0.5, 0.6) is 0 Å². The molecule has 0 amide bonds. The van der Waals surface area contributed by atoms with E-state index in [0.29, 0.717) is 22.0 Å². The SMILES string of the molecule is CC1CC(Nc2ccc(C#N)cc2Cl)CC(C)(C)C1. The molecule has 1 aliphatic rings. The molecule has 0 radical (unpaired) electrons. The maximum atomic E-state index is 8.85. The van der Waals surface area contributed by atoms with Gasteiger partial charge in [-0.15, -0.1) is 0 Å². The summed E-state index contributed by atoms with van der Waals surface area (Å²) < 4.78 is 0. The van der Waals surface area contributed by atoms with Crippen LogP contribution in [0.4, 0.5) is 5.69 Å². The van der Waals surface area contributed by atoms with Crippen LogP contribution in [0, 0.1) is 22.7 Å². The standard InChI is InChI=1S/C16H21ClN2/c1-11-6-13(9-16(2,3)8-11)19-15-5-4-12(10-18)7-14(15)17/h4-5,7,11,13,19H,6,8-9H2,1-3H3. The first-order valence-electron chi connectivity index (χ1n) is 6.86. The number of nitrogens with zero attached hydrogens (tertiary/aromatic N) is 1. The summed E-state index contributed by atoms with van der Waals surface area (Å²) in [7, 11) is 0. The van der Waals surface area contributed by atoms with Crippen molar-refractivity contribution in [2.45, 2.75) is 46.1 Å². The third-order valence-corrected chi connectivity index (χ3v) is 4.16.